The lowest BCUT2D eigenvalue weighted by molar-refractivity contribution is -0.132. The molecule has 1 saturated heterocycles. The van der Waals surface area contributed by atoms with Gasteiger partial charge in [0.15, 0.2) is 0 Å². The Labute approximate surface area is 115 Å². The molecular formula is C13H26N4O2. The van der Waals surface area contributed by atoms with Crippen LogP contribution in [0.3, 0.4) is 0 Å². The predicted molar refractivity (Wildman–Crippen MR) is 74.9 cm³/mol. The fourth-order valence-corrected chi connectivity index (χ4v) is 2.34. The van der Waals surface area contributed by atoms with Gasteiger partial charge in [-0.05, 0) is 32.4 Å². The highest BCUT2D eigenvalue weighted by Crippen LogP contribution is 2.32. The van der Waals surface area contributed by atoms with Crippen LogP contribution in [0.2, 0.25) is 0 Å². The van der Waals surface area contributed by atoms with Crippen LogP contribution in [0, 0.1) is 5.41 Å². The van der Waals surface area contributed by atoms with E-state index in [1.54, 1.807) is 14.1 Å². The summed E-state index contributed by atoms with van der Waals surface area (Å²) in [4.78, 5) is 25.0. The molecule has 3 amide bonds. The van der Waals surface area contributed by atoms with Gasteiger partial charge in [-0.25, -0.2) is 4.79 Å². The van der Waals surface area contributed by atoms with E-state index in [9.17, 15) is 9.59 Å². The minimum Gasteiger partial charge on any atom is -0.354 e. The van der Waals surface area contributed by atoms with Crippen LogP contribution in [0.1, 0.15) is 26.2 Å². The second-order valence-corrected chi connectivity index (χ2v) is 5.27. The smallest absolute Gasteiger partial charge is 0.316 e. The lowest BCUT2D eigenvalue weighted by Crippen LogP contribution is -2.49. The standard InChI is InChI=1S/C13H26N4O2/c1-4-13(5-7-14-8-6-13)11(18)15-9-10-16-12(19)17(2)3/h14H,4-10H2,1-3H3,(H,15,18)(H,16,19). The monoisotopic (exact) mass is 270 g/mol. The maximum atomic E-state index is 12.3. The third kappa shape index (κ3) is 4.38. The van der Waals surface area contributed by atoms with Gasteiger partial charge >= 0.3 is 6.03 Å². The molecule has 1 aliphatic heterocycles. The predicted octanol–water partition coefficient (Wildman–Crippen LogP) is 0.154. The summed E-state index contributed by atoms with van der Waals surface area (Å²) in [6.07, 6.45) is 2.64. The van der Waals surface area contributed by atoms with Crippen LogP contribution in [-0.4, -0.2) is 57.1 Å². The Hall–Kier alpha value is -1.30. The van der Waals surface area contributed by atoms with Gasteiger partial charge in [0.25, 0.3) is 0 Å². The molecule has 1 aliphatic rings. The Morgan fingerprint density at radius 2 is 1.74 bits per heavy atom. The number of hydrogen-bond donors (Lipinski definition) is 3. The van der Waals surface area contributed by atoms with Crippen molar-refractivity contribution >= 4 is 11.9 Å². The Morgan fingerprint density at radius 1 is 1.16 bits per heavy atom. The van der Waals surface area contributed by atoms with E-state index in [2.05, 4.69) is 22.9 Å². The van der Waals surface area contributed by atoms with Crippen molar-refractivity contribution < 1.29 is 9.59 Å². The van der Waals surface area contributed by atoms with Crippen molar-refractivity contribution in [2.75, 3.05) is 40.3 Å². The minimum atomic E-state index is -0.225. The Balaban J connectivity index is 2.31. The largest absolute Gasteiger partial charge is 0.354 e. The number of carbonyl (C=O) groups excluding carboxylic acids is 2. The summed E-state index contributed by atoms with van der Waals surface area (Å²) in [6.45, 7) is 4.81. The molecule has 0 atom stereocenters. The number of amides is 3. The molecule has 110 valence electrons. The molecule has 0 aromatic rings. The number of hydrogen-bond acceptors (Lipinski definition) is 3. The topological polar surface area (TPSA) is 73.5 Å². The first-order valence-electron chi connectivity index (χ1n) is 6.96. The van der Waals surface area contributed by atoms with Gasteiger partial charge in [0, 0.05) is 27.2 Å². The molecule has 0 aromatic carbocycles. The van der Waals surface area contributed by atoms with Crippen molar-refractivity contribution in [1.82, 2.24) is 20.9 Å². The minimum absolute atomic E-state index is 0.121. The molecule has 6 heteroatoms. The van der Waals surface area contributed by atoms with Crippen LogP contribution in [0.15, 0.2) is 0 Å². The van der Waals surface area contributed by atoms with Crippen LogP contribution >= 0.6 is 0 Å². The van der Waals surface area contributed by atoms with E-state index in [0.29, 0.717) is 13.1 Å². The molecule has 19 heavy (non-hydrogen) atoms. The first kappa shape index (κ1) is 15.8. The van der Waals surface area contributed by atoms with Crippen molar-refractivity contribution in [2.24, 2.45) is 5.41 Å². The number of urea groups is 1. The van der Waals surface area contributed by atoms with E-state index < -0.39 is 0 Å². The summed E-state index contributed by atoms with van der Waals surface area (Å²) in [5.74, 6) is 0.121. The number of piperidine rings is 1. The summed E-state index contributed by atoms with van der Waals surface area (Å²) < 4.78 is 0. The van der Waals surface area contributed by atoms with Crippen LogP contribution in [0.25, 0.3) is 0 Å². The van der Waals surface area contributed by atoms with E-state index >= 15 is 0 Å². The van der Waals surface area contributed by atoms with Crippen LogP contribution in [0.5, 0.6) is 0 Å². The van der Waals surface area contributed by atoms with E-state index in [0.717, 1.165) is 32.4 Å². The van der Waals surface area contributed by atoms with E-state index in [4.69, 9.17) is 0 Å². The highest BCUT2D eigenvalue weighted by Gasteiger charge is 2.37. The van der Waals surface area contributed by atoms with E-state index in [1.807, 2.05) is 0 Å². The summed E-state index contributed by atoms with van der Waals surface area (Å²) in [6, 6.07) is -0.138. The average Bonchev–Trinajstić information content (AvgIpc) is 2.43. The number of nitrogens with zero attached hydrogens (tertiary/aromatic N) is 1. The zero-order chi connectivity index (χ0) is 14.3. The van der Waals surface area contributed by atoms with Gasteiger partial charge in [-0.3, -0.25) is 4.79 Å². The molecule has 0 aromatic heterocycles. The quantitative estimate of drug-likeness (QED) is 0.623. The third-order valence-electron chi connectivity index (χ3n) is 3.81. The first-order valence-corrected chi connectivity index (χ1v) is 6.96. The van der Waals surface area contributed by atoms with E-state index in [-0.39, 0.29) is 17.4 Å². The average molecular weight is 270 g/mol. The molecule has 1 fully saturated rings. The second-order valence-electron chi connectivity index (χ2n) is 5.27. The van der Waals surface area contributed by atoms with Gasteiger partial charge in [-0.15, -0.1) is 0 Å². The first-order chi connectivity index (χ1) is 9.02. The maximum absolute atomic E-state index is 12.3. The Bertz CT molecular complexity index is 312. The molecule has 0 aliphatic carbocycles. The van der Waals surface area contributed by atoms with Crippen LogP contribution < -0.4 is 16.0 Å². The van der Waals surface area contributed by atoms with Gasteiger partial charge in [0.2, 0.25) is 5.91 Å². The zero-order valence-corrected chi connectivity index (χ0v) is 12.2. The second kappa shape index (κ2) is 7.33. The Kier molecular flexibility index (Phi) is 6.08. The molecule has 0 bridgehead atoms. The maximum Gasteiger partial charge on any atom is 0.316 e. The molecule has 1 rings (SSSR count). The summed E-state index contributed by atoms with van der Waals surface area (Å²) in [7, 11) is 3.38. The molecule has 3 N–H and O–H groups in total. The molecule has 0 saturated carbocycles. The summed E-state index contributed by atoms with van der Waals surface area (Å²) in [5, 5.41) is 8.95. The van der Waals surface area contributed by atoms with Crippen molar-refractivity contribution in [3.8, 4) is 0 Å². The summed E-state index contributed by atoms with van der Waals surface area (Å²) >= 11 is 0. The SMILES string of the molecule is CCC1(C(=O)NCCNC(=O)N(C)C)CCNCC1. The van der Waals surface area contributed by atoms with Gasteiger partial charge in [0.05, 0.1) is 5.41 Å². The van der Waals surface area contributed by atoms with Gasteiger partial charge in [-0.1, -0.05) is 6.92 Å². The lowest BCUT2D eigenvalue weighted by atomic mass is 9.76. The van der Waals surface area contributed by atoms with Crippen LogP contribution in [0.4, 0.5) is 4.79 Å². The molecule has 0 spiro atoms. The highest BCUT2D eigenvalue weighted by atomic mass is 16.2. The van der Waals surface area contributed by atoms with Crippen LogP contribution in [-0.2, 0) is 4.79 Å². The molecule has 0 unspecified atom stereocenters. The number of carbonyl (C=O) groups is 2. The molecular weight excluding hydrogens is 244 g/mol. The highest BCUT2D eigenvalue weighted by molar-refractivity contribution is 5.82. The van der Waals surface area contributed by atoms with E-state index in [1.165, 1.54) is 4.90 Å². The third-order valence-corrected chi connectivity index (χ3v) is 3.81. The fourth-order valence-electron chi connectivity index (χ4n) is 2.34. The van der Waals surface area contributed by atoms with Crippen molar-refractivity contribution in [2.45, 2.75) is 26.2 Å². The van der Waals surface area contributed by atoms with Gasteiger partial charge in [-0.2, -0.15) is 0 Å². The van der Waals surface area contributed by atoms with Crippen molar-refractivity contribution in [1.29, 1.82) is 0 Å². The number of nitrogens with one attached hydrogen (secondary N) is 3. The fraction of sp³-hybridized carbons (Fsp3) is 0.846. The van der Waals surface area contributed by atoms with Gasteiger partial charge < -0.3 is 20.9 Å². The molecule has 1 heterocycles. The summed E-state index contributed by atoms with van der Waals surface area (Å²) in [5.41, 5.74) is -0.225. The van der Waals surface area contributed by atoms with Crippen molar-refractivity contribution in [3.05, 3.63) is 0 Å². The Morgan fingerprint density at radius 3 is 2.26 bits per heavy atom. The number of rotatable bonds is 5. The van der Waals surface area contributed by atoms with Gasteiger partial charge in [0.1, 0.15) is 0 Å². The molecule has 6 nitrogen and oxygen atoms in total. The zero-order valence-electron chi connectivity index (χ0n) is 12.2. The normalized spacial score (nSPS) is 17.6. The van der Waals surface area contributed by atoms with Crippen molar-refractivity contribution in [3.63, 3.8) is 0 Å². The lowest BCUT2D eigenvalue weighted by Gasteiger charge is -2.35. The molecule has 0 radical (unpaired) electrons.